The van der Waals surface area contributed by atoms with Gasteiger partial charge in [-0.2, -0.15) is 16.4 Å². The molecule has 0 aromatic carbocycles. The molecule has 0 aliphatic rings. The Morgan fingerprint density at radius 2 is 2.05 bits per heavy atom. The summed E-state index contributed by atoms with van der Waals surface area (Å²) < 4.78 is 1.99. The Hall–Kier alpha value is -1.13. The lowest BCUT2D eigenvalue weighted by atomic mass is 9.99. The summed E-state index contributed by atoms with van der Waals surface area (Å²) >= 11 is 1.78. The molecule has 2 heterocycles. The van der Waals surface area contributed by atoms with Gasteiger partial charge in [-0.3, -0.25) is 4.68 Å². The molecule has 2 aromatic rings. The Kier molecular flexibility index (Phi) is 5.38. The molecule has 0 amide bonds. The van der Waals surface area contributed by atoms with E-state index >= 15 is 0 Å². The number of hydrogen-bond acceptors (Lipinski definition) is 3. The molecule has 20 heavy (non-hydrogen) atoms. The monoisotopic (exact) mass is 291 g/mol. The van der Waals surface area contributed by atoms with Gasteiger partial charge in [-0.15, -0.1) is 0 Å². The summed E-state index contributed by atoms with van der Waals surface area (Å²) in [7, 11) is 4.10. The van der Waals surface area contributed by atoms with E-state index in [0.717, 1.165) is 6.42 Å². The minimum absolute atomic E-state index is 0.578. The third-order valence-electron chi connectivity index (χ3n) is 4.17. The summed E-state index contributed by atoms with van der Waals surface area (Å²) in [6, 6.07) is 2.81. The molecule has 2 aromatic heterocycles. The van der Waals surface area contributed by atoms with E-state index in [1.807, 2.05) is 11.7 Å². The third kappa shape index (κ3) is 3.70. The zero-order chi connectivity index (χ0) is 14.5. The van der Waals surface area contributed by atoms with Gasteiger partial charge in [0.15, 0.2) is 0 Å². The van der Waals surface area contributed by atoms with E-state index in [9.17, 15) is 0 Å². The molecule has 4 heteroatoms. The van der Waals surface area contributed by atoms with Gasteiger partial charge in [0.1, 0.15) is 0 Å². The number of thiophene rings is 1. The Bertz CT molecular complexity index is 528. The molecule has 1 N–H and O–H groups in total. The van der Waals surface area contributed by atoms with Gasteiger partial charge >= 0.3 is 0 Å². The largest absolute Gasteiger partial charge is 0.317 e. The fraction of sp³-hybridized carbons (Fsp3) is 0.562. The predicted octanol–water partition coefficient (Wildman–Crippen LogP) is 3.25. The minimum Gasteiger partial charge on any atom is -0.317 e. The average Bonchev–Trinajstić information content (AvgIpc) is 3.02. The van der Waals surface area contributed by atoms with E-state index in [2.05, 4.69) is 48.1 Å². The van der Waals surface area contributed by atoms with Crippen LogP contribution in [-0.4, -0.2) is 22.9 Å². The maximum Gasteiger partial charge on any atom is 0.0628 e. The first-order valence-electron chi connectivity index (χ1n) is 7.29. The Balaban J connectivity index is 1.87. The number of rotatable bonds is 7. The Morgan fingerprint density at radius 3 is 2.60 bits per heavy atom. The van der Waals surface area contributed by atoms with Gasteiger partial charge in [0.25, 0.3) is 0 Å². The van der Waals surface area contributed by atoms with E-state index in [1.165, 1.54) is 41.8 Å². The van der Waals surface area contributed by atoms with Gasteiger partial charge in [-0.1, -0.05) is 0 Å². The number of hydrogen-bond donors (Lipinski definition) is 1. The summed E-state index contributed by atoms with van der Waals surface area (Å²) in [5.41, 5.74) is 5.36. The molecule has 3 nitrogen and oxygen atoms in total. The molecule has 2 rings (SSSR count). The summed E-state index contributed by atoms with van der Waals surface area (Å²) in [6.07, 6.45) is 4.65. The lowest BCUT2D eigenvalue weighted by Crippen LogP contribution is -2.26. The van der Waals surface area contributed by atoms with Crippen LogP contribution in [-0.2, 0) is 19.9 Å². The topological polar surface area (TPSA) is 29.9 Å². The predicted molar refractivity (Wildman–Crippen MR) is 86.5 cm³/mol. The number of aryl methyl sites for hydroxylation is 3. The lowest BCUT2D eigenvalue weighted by Gasteiger charge is -2.16. The highest BCUT2D eigenvalue weighted by atomic mass is 32.1. The molecular weight excluding hydrogens is 266 g/mol. The van der Waals surface area contributed by atoms with Crippen molar-refractivity contribution in [1.29, 1.82) is 0 Å². The lowest BCUT2D eigenvalue weighted by molar-refractivity contribution is 0.488. The third-order valence-corrected chi connectivity index (χ3v) is 4.90. The molecule has 0 saturated heterocycles. The van der Waals surface area contributed by atoms with Crippen LogP contribution in [0.2, 0.25) is 0 Å². The van der Waals surface area contributed by atoms with Crippen molar-refractivity contribution in [2.75, 3.05) is 7.05 Å². The fourth-order valence-corrected chi connectivity index (χ4v) is 3.41. The van der Waals surface area contributed by atoms with Crippen LogP contribution in [0.5, 0.6) is 0 Å². The van der Waals surface area contributed by atoms with Crippen LogP contribution in [0.25, 0.3) is 0 Å². The fourth-order valence-electron chi connectivity index (χ4n) is 2.71. The first kappa shape index (κ1) is 15.3. The van der Waals surface area contributed by atoms with Gasteiger partial charge in [-0.05, 0) is 74.5 Å². The van der Waals surface area contributed by atoms with Crippen LogP contribution in [0, 0.1) is 13.8 Å². The second-order valence-corrected chi connectivity index (χ2v) is 6.25. The van der Waals surface area contributed by atoms with Gasteiger partial charge in [0.05, 0.1) is 5.69 Å². The SMILES string of the molecule is CNC(CCc1ccsc1)CCc1c(C)nn(C)c1C. The second-order valence-electron chi connectivity index (χ2n) is 5.47. The molecule has 0 bridgehead atoms. The van der Waals surface area contributed by atoms with Crippen LogP contribution in [0.4, 0.5) is 0 Å². The molecule has 0 aliphatic heterocycles. The van der Waals surface area contributed by atoms with Crippen molar-refractivity contribution in [3.8, 4) is 0 Å². The van der Waals surface area contributed by atoms with Crippen LogP contribution in [0.15, 0.2) is 16.8 Å². The first-order chi connectivity index (χ1) is 9.61. The molecule has 0 aliphatic carbocycles. The molecule has 1 atom stereocenters. The van der Waals surface area contributed by atoms with Gasteiger partial charge < -0.3 is 5.32 Å². The number of nitrogens with zero attached hydrogens (tertiary/aromatic N) is 2. The maximum atomic E-state index is 4.50. The zero-order valence-electron chi connectivity index (χ0n) is 12.9. The second kappa shape index (κ2) is 7.04. The van der Waals surface area contributed by atoms with Crippen molar-refractivity contribution in [2.24, 2.45) is 7.05 Å². The molecule has 0 radical (unpaired) electrons. The smallest absolute Gasteiger partial charge is 0.0628 e. The minimum atomic E-state index is 0.578. The molecule has 0 fully saturated rings. The molecule has 1 unspecified atom stereocenters. The zero-order valence-corrected chi connectivity index (χ0v) is 13.8. The normalized spacial score (nSPS) is 12.8. The highest BCUT2D eigenvalue weighted by Crippen LogP contribution is 2.17. The van der Waals surface area contributed by atoms with Crippen molar-refractivity contribution in [3.05, 3.63) is 39.3 Å². The molecule has 0 saturated carbocycles. The Labute approximate surface area is 126 Å². The maximum absolute atomic E-state index is 4.50. The van der Waals surface area contributed by atoms with Crippen molar-refractivity contribution < 1.29 is 0 Å². The Morgan fingerprint density at radius 1 is 1.30 bits per heavy atom. The average molecular weight is 291 g/mol. The molecular formula is C16H25N3S. The quantitative estimate of drug-likeness (QED) is 0.848. The summed E-state index contributed by atoms with van der Waals surface area (Å²) in [5, 5.41) is 12.4. The van der Waals surface area contributed by atoms with Gasteiger partial charge in [0, 0.05) is 18.8 Å². The van der Waals surface area contributed by atoms with E-state index in [0.29, 0.717) is 6.04 Å². The number of aromatic nitrogens is 2. The van der Waals surface area contributed by atoms with E-state index in [4.69, 9.17) is 0 Å². The van der Waals surface area contributed by atoms with E-state index < -0.39 is 0 Å². The van der Waals surface area contributed by atoms with Crippen molar-refractivity contribution in [3.63, 3.8) is 0 Å². The van der Waals surface area contributed by atoms with Gasteiger partial charge in [-0.25, -0.2) is 0 Å². The van der Waals surface area contributed by atoms with Crippen LogP contribution in [0.3, 0.4) is 0 Å². The highest BCUT2D eigenvalue weighted by molar-refractivity contribution is 7.07. The standard InChI is InChI=1S/C16H25N3S/c1-12-16(13(2)19(4)18-12)8-7-15(17-3)6-5-14-9-10-20-11-14/h9-11,15,17H,5-8H2,1-4H3. The van der Waals surface area contributed by atoms with Crippen LogP contribution >= 0.6 is 11.3 Å². The number of nitrogens with one attached hydrogen (secondary N) is 1. The highest BCUT2D eigenvalue weighted by Gasteiger charge is 2.12. The van der Waals surface area contributed by atoms with Gasteiger partial charge in [0.2, 0.25) is 0 Å². The molecule has 0 spiro atoms. The van der Waals surface area contributed by atoms with E-state index in [-0.39, 0.29) is 0 Å². The summed E-state index contributed by atoms with van der Waals surface area (Å²) in [6.45, 7) is 4.27. The van der Waals surface area contributed by atoms with Crippen molar-refractivity contribution in [1.82, 2.24) is 15.1 Å². The van der Waals surface area contributed by atoms with Crippen LogP contribution < -0.4 is 5.32 Å². The van der Waals surface area contributed by atoms with Crippen LogP contribution in [0.1, 0.15) is 35.4 Å². The molecule has 110 valence electrons. The first-order valence-corrected chi connectivity index (χ1v) is 8.23. The summed E-state index contributed by atoms with van der Waals surface area (Å²) in [4.78, 5) is 0. The van der Waals surface area contributed by atoms with Crippen molar-refractivity contribution in [2.45, 2.75) is 45.6 Å². The van der Waals surface area contributed by atoms with E-state index in [1.54, 1.807) is 11.3 Å². The van der Waals surface area contributed by atoms with Crippen molar-refractivity contribution >= 4 is 11.3 Å². The summed E-state index contributed by atoms with van der Waals surface area (Å²) in [5.74, 6) is 0.